The third-order valence-electron chi connectivity index (χ3n) is 1.77. The summed E-state index contributed by atoms with van der Waals surface area (Å²) in [6, 6.07) is 0. The molecule has 4 N–H and O–H groups in total. The van der Waals surface area contributed by atoms with Gasteiger partial charge in [-0.2, -0.15) is 0 Å². The zero-order valence-electron chi connectivity index (χ0n) is 6.59. The molecule has 1 aliphatic rings. The van der Waals surface area contributed by atoms with Crippen molar-refractivity contribution in [2.75, 3.05) is 13.1 Å². The normalized spacial score (nSPS) is 15.6. The number of allylic oxidation sites excluding steroid dienone is 5. The van der Waals surface area contributed by atoms with Crippen molar-refractivity contribution in [3.8, 4) is 0 Å². The lowest BCUT2D eigenvalue weighted by atomic mass is 10.0. The van der Waals surface area contributed by atoms with Crippen LogP contribution in [0.15, 0.2) is 35.5 Å². The molecule has 0 aromatic rings. The van der Waals surface area contributed by atoms with Gasteiger partial charge in [-0.15, -0.1) is 0 Å². The summed E-state index contributed by atoms with van der Waals surface area (Å²) in [6.07, 6.45) is 9.40. The largest absolute Gasteiger partial charge is 0.327 e. The topological polar surface area (TPSA) is 52.0 Å². The standard InChI is InChI=1S/C9H14N2/c10-6-9(7-11)8-4-2-1-3-5-8/h2-5H,1,6-7,10-11H2. The molecular formula is C9H14N2. The predicted molar refractivity (Wildman–Crippen MR) is 48.0 cm³/mol. The summed E-state index contributed by atoms with van der Waals surface area (Å²) in [5.41, 5.74) is 13.3. The van der Waals surface area contributed by atoms with Crippen LogP contribution in [-0.4, -0.2) is 13.1 Å². The zero-order chi connectivity index (χ0) is 8.10. The van der Waals surface area contributed by atoms with Crippen LogP contribution in [-0.2, 0) is 0 Å². The molecule has 0 aromatic heterocycles. The molecular weight excluding hydrogens is 136 g/mol. The van der Waals surface area contributed by atoms with Gasteiger partial charge < -0.3 is 11.5 Å². The van der Waals surface area contributed by atoms with E-state index in [-0.39, 0.29) is 0 Å². The third-order valence-corrected chi connectivity index (χ3v) is 1.77. The van der Waals surface area contributed by atoms with E-state index in [1.54, 1.807) is 0 Å². The molecule has 2 heteroatoms. The Morgan fingerprint density at radius 1 is 1.18 bits per heavy atom. The van der Waals surface area contributed by atoms with Crippen LogP contribution in [0.2, 0.25) is 0 Å². The van der Waals surface area contributed by atoms with E-state index in [4.69, 9.17) is 11.5 Å². The Balaban J connectivity index is 2.82. The first-order valence-corrected chi connectivity index (χ1v) is 3.83. The molecule has 1 aliphatic carbocycles. The molecule has 1 rings (SSSR count). The van der Waals surface area contributed by atoms with Crippen LogP contribution in [0.1, 0.15) is 6.42 Å². The van der Waals surface area contributed by atoms with Crippen LogP contribution in [0.5, 0.6) is 0 Å². The van der Waals surface area contributed by atoms with E-state index in [0.717, 1.165) is 12.0 Å². The fourth-order valence-electron chi connectivity index (χ4n) is 1.08. The highest BCUT2D eigenvalue weighted by Gasteiger charge is 1.98. The maximum atomic E-state index is 5.51. The molecule has 0 unspecified atom stereocenters. The van der Waals surface area contributed by atoms with Crippen molar-refractivity contribution in [3.05, 3.63) is 35.5 Å². The lowest BCUT2D eigenvalue weighted by molar-refractivity contribution is 1.02. The van der Waals surface area contributed by atoms with Gasteiger partial charge >= 0.3 is 0 Å². The van der Waals surface area contributed by atoms with E-state index in [1.807, 2.05) is 0 Å². The highest BCUT2D eigenvalue weighted by Crippen LogP contribution is 2.11. The molecule has 0 spiro atoms. The maximum absolute atomic E-state index is 5.51. The average molecular weight is 150 g/mol. The molecule has 11 heavy (non-hydrogen) atoms. The molecule has 0 aromatic carbocycles. The minimum Gasteiger partial charge on any atom is -0.327 e. The summed E-state index contributed by atoms with van der Waals surface area (Å²) in [4.78, 5) is 0. The summed E-state index contributed by atoms with van der Waals surface area (Å²) in [6.45, 7) is 1.11. The molecule has 0 saturated heterocycles. The highest BCUT2D eigenvalue weighted by molar-refractivity contribution is 5.39. The van der Waals surface area contributed by atoms with Crippen molar-refractivity contribution in [1.82, 2.24) is 0 Å². The fraction of sp³-hybridized carbons (Fsp3) is 0.333. The number of nitrogens with two attached hydrogens (primary N) is 2. The second kappa shape index (κ2) is 4.11. The van der Waals surface area contributed by atoms with Crippen molar-refractivity contribution >= 4 is 0 Å². The van der Waals surface area contributed by atoms with Gasteiger partial charge in [0, 0.05) is 13.1 Å². The Morgan fingerprint density at radius 2 is 1.73 bits per heavy atom. The van der Waals surface area contributed by atoms with Gasteiger partial charge in [0.25, 0.3) is 0 Å². The molecule has 0 aliphatic heterocycles. The predicted octanol–water partition coefficient (Wildman–Crippen LogP) is 0.717. The summed E-state index contributed by atoms with van der Waals surface area (Å²) in [5, 5.41) is 0. The Bertz CT molecular complexity index is 192. The van der Waals surface area contributed by atoms with Crippen molar-refractivity contribution in [2.24, 2.45) is 11.5 Å². The second-order valence-corrected chi connectivity index (χ2v) is 2.51. The number of rotatable bonds is 2. The lowest BCUT2D eigenvalue weighted by Crippen LogP contribution is -2.14. The van der Waals surface area contributed by atoms with Gasteiger partial charge in [0.2, 0.25) is 0 Å². The SMILES string of the molecule is NCC(CN)=C1C=CCC=C1. The van der Waals surface area contributed by atoms with Gasteiger partial charge in [0.05, 0.1) is 0 Å². The van der Waals surface area contributed by atoms with Crippen molar-refractivity contribution in [3.63, 3.8) is 0 Å². The molecule has 0 fully saturated rings. The number of hydrogen-bond donors (Lipinski definition) is 2. The van der Waals surface area contributed by atoms with Gasteiger partial charge in [-0.1, -0.05) is 24.3 Å². The minimum atomic E-state index is 0.556. The van der Waals surface area contributed by atoms with E-state index in [0.29, 0.717) is 13.1 Å². The molecule has 60 valence electrons. The Morgan fingerprint density at radius 3 is 2.18 bits per heavy atom. The highest BCUT2D eigenvalue weighted by atomic mass is 14.6. The van der Waals surface area contributed by atoms with Crippen LogP contribution in [0.4, 0.5) is 0 Å². The molecule has 0 atom stereocenters. The smallest absolute Gasteiger partial charge is 0.0158 e. The molecule has 0 amide bonds. The zero-order valence-corrected chi connectivity index (χ0v) is 6.59. The first-order valence-electron chi connectivity index (χ1n) is 3.83. The van der Waals surface area contributed by atoms with Crippen molar-refractivity contribution in [1.29, 1.82) is 0 Å². The second-order valence-electron chi connectivity index (χ2n) is 2.51. The summed E-state index contributed by atoms with van der Waals surface area (Å²) in [5.74, 6) is 0. The summed E-state index contributed by atoms with van der Waals surface area (Å²) >= 11 is 0. The minimum absolute atomic E-state index is 0.556. The van der Waals surface area contributed by atoms with Crippen LogP contribution in [0, 0.1) is 0 Å². The van der Waals surface area contributed by atoms with E-state index in [1.165, 1.54) is 5.57 Å². The monoisotopic (exact) mass is 150 g/mol. The van der Waals surface area contributed by atoms with Crippen LogP contribution >= 0.6 is 0 Å². The van der Waals surface area contributed by atoms with Crippen molar-refractivity contribution < 1.29 is 0 Å². The summed E-state index contributed by atoms with van der Waals surface area (Å²) in [7, 11) is 0. The van der Waals surface area contributed by atoms with E-state index in [9.17, 15) is 0 Å². The average Bonchev–Trinajstić information content (AvgIpc) is 2.09. The van der Waals surface area contributed by atoms with Gasteiger partial charge in [0.1, 0.15) is 0 Å². The van der Waals surface area contributed by atoms with Crippen LogP contribution < -0.4 is 11.5 Å². The van der Waals surface area contributed by atoms with Gasteiger partial charge in [-0.05, 0) is 17.6 Å². The van der Waals surface area contributed by atoms with Crippen LogP contribution in [0.3, 0.4) is 0 Å². The van der Waals surface area contributed by atoms with Gasteiger partial charge in [-0.25, -0.2) is 0 Å². The molecule has 2 nitrogen and oxygen atoms in total. The maximum Gasteiger partial charge on any atom is 0.0158 e. The van der Waals surface area contributed by atoms with Crippen LogP contribution in [0.25, 0.3) is 0 Å². The van der Waals surface area contributed by atoms with E-state index < -0.39 is 0 Å². The number of hydrogen-bond acceptors (Lipinski definition) is 2. The van der Waals surface area contributed by atoms with Gasteiger partial charge in [-0.3, -0.25) is 0 Å². The van der Waals surface area contributed by atoms with Gasteiger partial charge in [0.15, 0.2) is 0 Å². The Labute approximate surface area is 67.3 Å². The third kappa shape index (κ3) is 2.03. The molecule has 0 bridgehead atoms. The lowest BCUT2D eigenvalue weighted by Gasteiger charge is -2.06. The molecule has 0 saturated carbocycles. The Kier molecular flexibility index (Phi) is 3.08. The first-order chi connectivity index (χ1) is 5.38. The quantitative estimate of drug-likeness (QED) is 0.609. The first kappa shape index (κ1) is 8.24. The van der Waals surface area contributed by atoms with E-state index >= 15 is 0 Å². The summed E-state index contributed by atoms with van der Waals surface area (Å²) < 4.78 is 0. The van der Waals surface area contributed by atoms with Crippen molar-refractivity contribution in [2.45, 2.75) is 6.42 Å². The molecule has 0 radical (unpaired) electrons. The Hall–Kier alpha value is -0.860. The van der Waals surface area contributed by atoms with E-state index in [2.05, 4.69) is 24.3 Å². The molecule has 0 heterocycles. The fourth-order valence-corrected chi connectivity index (χ4v) is 1.08.